The summed E-state index contributed by atoms with van der Waals surface area (Å²) in [5, 5.41) is 15.5. The number of nitrogens with zero attached hydrogens (tertiary/aromatic N) is 1. The Labute approximate surface area is 65.2 Å². The second-order valence-electron chi connectivity index (χ2n) is 1.57. The largest absolute Gasteiger partial charge is 0.478 e. The third kappa shape index (κ3) is 17.8. The molecule has 0 spiro atoms. The van der Waals surface area contributed by atoms with Gasteiger partial charge in [0, 0.05) is 17.8 Å². The number of nitriles is 1. The summed E-state index contributed by atoms with van der Waals surface area (Å²) in [5.74, 6) is -0.935. The van der Waals surface area contributed by atoms with Crippen LogP contribution in [0.5, 0.6) is 0 Å². The maximum atomic E-state index is 9.60. The van der Waals surface area contributed by atoms with Crippen molar-refractivity contribution in [1.29, 1.82) is 5.26 Å². The van der Waals surface area contributed by atoms with Crippen molar-refractivity contribution in [2.45, 2.75) is 6.92 Å². The number of carboxylic acid groups (broad SMARTS) is 1. The van der Waals surface area contributed by atoms with E-state index in [1.165, 1.54) is 19.2 Å². The van der Waals surface area contributed by atoms with E-state index >= 15 is 0 Å². The predicted octanol–water partition coefficient (Wildman–Crippen LogP) is 0.629. The Morgan fingerprint density at radius 3 is 2.18 bits per heavy atom. The molecule has 0 saturated heterocycles. The minimum Gasteiger partial charge on any atom is -0.478 e. The van der Waals surface area contributed by atoms with Crippen molar-refractivity contribution in [1.82, 2.24) is 0 Å². The molecule has 0 radical (unpaired) electrons. The number of carboxylic acids is 1. The Morgan fingerprint density at radius 1 is 1.82 bits per heavy atom. The Morgan fingerprint density at radius 2 is 2.18 bits per heavy atom. The van der Waals surface area contributed by atoms with Gasteiger partial charge in [-0.2, -0.15) is 5.26 Å². The van der Waals surface area contributed by atoms with E-state index in [9.17, 15) is 4.79 Å². The van der Waals surface area contributed by atoms with Crippen molar-refractivity contribution >= 4 is 5.97 Å². The first-order valence-corrected chi connectivity index (χ1v) is 2.71. The monoisotopic (exact) mass is 154 g/mol. The topological polar surface area (TPSA) is 87.1 Å². The highest BCUT2D eigenvalue weighted by Gasteiger charge is 1.90. The molecule has 0 unspecified atom stereocenters. The quantitative estimate of drug-likeness (QED) is 0.428. The van der Waals surface area contributed by atoms with Crippen LogP contribution in [0.3, 0.4) is 0 Å². The van der Waals surface area contributed by atoms with Gasteiger partial charge in [-0.15, -0.1) is 0 Å². The molecule has 0 rings (SSSR count). The van der Waals surface area contributed by atoms with E-state index in [0.717, 1.165) is 0 Å². The summed E-state index contributed by atoms with van der Waals surface area (Å²) in [6.07, 6.45) is 2.40. The molecule has 3 N–H and O–H groups in total. The fourth-order valence-electron chi connectivity index (χ4n) is 0.0430. The SMILES string of the molecule is C=C(C)C(=O)O.N#CC=CN. The van der Waals surface area contributed by atoms with Gasteiger partial charge >= 0.3 is 5.97 Å². The minimum absolute atomic E-state index is 0.176. The summed E-state index contributed by atoms with van der Waals surface area (Å²) in [4.78, 5) is 9.60. The maximum absolute atomic E-state index is 9.60. The van der Waals surface area contributed by atoms with Crippen LogP contribution in [0, 0.1) is 11.3 Å². The van der Waals surface area contributed by atoms with E-state index < -0.39 is 5.97 Å². The van der Waals surface area contributed by atoms with E-state index in [-0.39, 0.29) is 5.57 Å². The molecule has 0 atom stereocenters. The van der Waals surface area contributed by atoms with Crippen LogP contribution >= 0.6 is 0 Å². The molecule has 0 aromatic rings. The molecule has 60 valence electrons. The highest BCUT2D eigenvalue weighted by molar-refractivity contribution is 5.84. The molecule has 0 heterocycles. The van der Waals surface area contributed by atoms with Crippen LogP contribution in [0.4, 0.5) is 0 Å². The molecule has 0 aromatic heterocycles. The zero-order valence-corrected chi connectivity index (χ0v) is 6.24. The van der Waals surface area contributed by atoms with E-state index in [0.29, 0.717) is 0 Å². The van der Waals surface area contributed by atoms with Gasteiger partial charge in [0.15, 0.2) is 0 Å². The van der Waals surface area contributed by atoms with Crippen LogP contribution in [0.15, 0.2) is 24.4 Å². The molecule has 0 amide bonds. The van der Waals surface area contributed by atoms with Crippen LogP contribution in [0.1, 0.15) is 6.92 Å². The van der Waals surface area contributed by atoms with Gasteiger partial charge < -0.3 is 10.8 Å². The van der Waals surface area contributed by atoms with Gasteiger partial charge in [-0.05, 0) is 6.92 Å². The molecule has 0 aromatic carbocycles. The lowest BCUT2D eigenvalue weighted by molar-refractivity contribution is -0.132. The Kier molecular flexibility index (Phi) is 8.97. The van der Waals surface area contributed by atoms with Crippen LogP contribution in [-0.4, -0.2) is 11.1 Å². The van der Waals surface area contributed by atoms with E-state index in [4.69, 9.17) is 16.1 Å². The summed E-state index contributed by atoms with van der Waals surface area (Å²) in [6.45, 7) is 4.60. The maximum Gasteiger partial charge on any atom is 0.330 e. The fourth-order valence-corrected chi connectivity index (χ4v) is 0.0430. The molecule has 0 aliphatic rings. The van der Waals surface area contributed by atoms with Crippen molar-refractivity contribution in [2.24, 2.45) is 5.73 Å². The van der Waals surface area contributed by atoms with Crippen LogP contribution in [0.25, 0.3) is 0 Å². The highest BCUT2D eigenvalue weighted by Crippen LogP contribution is 1.81. The van der Waals surface area contributed by atoms with Gasteiger partial charge in [-0.25, -0.2) is 4.79 Å². The minimum atomic E-state index is -0.935. The molecule has 0 aliphatic heterocycles. The third-order valence-electron chi connectivity index (χ3n) is 0.536. The van der Waals surface area contributed by atoms with Crippen molar-refractivity contribution < 1.29 is 9.90 Å². The lowest BCUT2D eigenvalue weighted by Gasteiger charge is -1.79. The molecular weight excluding hydrogens is 144 g/mol. The summed E-state index contributed by atoms with van der Waals surface area (Å²) in [6, 6.07) is 1.71. The van der Waals surface area contributed by atoms with E-state index in [1.54, 1.807) is 6.07 Å². The van der Waals surface area contributed by atoms with Gasteiger partial charge in [0.2, 0.25) is 0 Å². The number of carbonyl (C=O) groups is 1. The predicted molar refractivity (Wildman–Crippen MR) is 41.4 cm³/mol. The first-order chi connectivity index (χ1) is 5.06. The van der Waals surface area contributed by atoms with Crippen molar-refractivity contribution in [3.63, 3.8) is 0 Å². The highest BCUT2D eigenvalue weighted by atomic mass is 16.4. The zero-order valence-electron chi connectivity index (χ0n) is 6.24. The zero-order chi connectivity index (χ0) is 9.28. The molecule has 0 aliphatic carbocycles. The molecule has 4 heteroatoms. The molecule has 4 nitrogen and oxygen atoms in total. The van der Waals surface area contributed by atoms with E-state index in [2.05, 4.69) is 6.58 Å². The second-order valence-corrected chi connectivity index (χ2v) is 1.57. The molecule has 0 fully saturated rings. The Hall–Kier alpha value is -1.76. The number of aliphatic carboxylic acids is 1. The number of rotatable bonds is 1. The standard InChI is InChI=1S/C4H6O2.C3H4N2/c1-3(2)4(5)6;4-2-1-3-5/h1H2,2H3,(H,5,6);1-2H,4H2. The molecule has 0 saturated carbocycles. The van der Waals surface area contributed by atoms with Crippen molar-refractivity contribution in [2.75, 3.05) is 0 Å². The first-order valence-electron chi connectivity index (χ1n) is 2.71. The molecule has 11 heavy (non-hydrogen) atoms. The average Bonchev–Trinajstić information content (AvgIpc) is 1.90. The molecule has 0 bridgehead atoms. The lowest BCUT2D eigenvalue weighted by atomic mass is 10.4. The molecular formula is C7H10N2O2. The van der Waals surface area contributed by atoms with Gasteiger partial charge in [0.25, 0.3) is 0 Å². The van der Waals surface area contributed by atoms with Crippen LogP contribution in [0.2, 0.25) is 0 Å². The summed E-state index contributed by atoms with van der Waals surface area (Å²) in [5.41, 5.74) is 4.91. The Bertz CT molecular complexity index is 189. The van der Waals surface area contributed by atoms with Crippen molar-refractivity contribution in [3.05, 3.63) is 24.4 Å². The van der Waals surface area contributed by atoms with Gasteiger partial charge in [0.05, 0.1) is 6.07 Å². The summed E-state index contributed by atoms with van der Waals surface area (Å²) < 4.78 is 0. The average molecular weight is 154 g/mol. The number of nitrogens with two attached hydrogens (primary N) is 1. The lowest BCUT2D eigenvalue weighted by Crippen LogP contribution is -1.92. The fraction of sp³-hybridized carbons (Fsp3) is 0.143. The third-order valence-corrected chi connectivity index (χ3v) is 0.536. The van der Waals surface area contributed by atoms with Crippen LogP contribution in [-0.2, 0) is 4.79 Å². The Balaban J connectivity index is 0. The number of allylic oxidation sites excluding steroid dienone is 1. The van der Waals surface area contributed by atoms with E-state index in [1.807, 2.05) is 0 Å². The summed E-state index contributed by atoms with van der Waals surface area (Å²) in [7, 11) is 0. The van der Waals surface area contributed by atoms with Crippen molar-refractivity contribution in [3.8, 4) is 6.07 Å². The van der Waals surface area contributed by atoms with Gasteiger partial charge in [0.1, 0.15) is 0 Å². The second kappa shape index (κ2) is 8.24. The van der Waals surface area contributed by atoms with Gasteiger partial charge in [-0.1, -0.05) is 6.58 Å². The van der Waals surface area contributed by atoms with Gasteiger partial charge in [-0.3, -0.25) is 0 Å². The normalized spacial score (nSPS) is 7.64. The van der Waals surface area contributed by atoms with Crippen LogP contribution < -0.4 is 5.73 Å². The summed E-state index contributed by atoms with van der Waals surface area (Å²) >= 11 is 0. The number of hydrogen-bond donors (Lipinski definition) is 2. The first kappa shape index (κ1) is 12.0. The smallest absolute Gasteiger partial charge is 0.330 e. The number of hydrogen-bond acceptors (Lipinski definition) is 3.